The van der Waals surface area contributed by atoms with Crippen LogP contribution in [0.5, 0.6) is 17.2 Å². The average molecular weight is 596 g/mol. The fraction of sp³-hybridized carbons (Fsp3) is 0.355. The molecule has 0 radical (unpaired) electrons. The van der Waals surface area contributed by atoms with Gasteiger partial charge in [-0.05, 0) is 48.7 Å². The van der Waals surface area contributed by atoms with Gasteiger partial charge in [0.05, 0.1) is 18.6 Å². The van der Waals surface area contributed by atoms with Crippen LogP contribution in [-0.4, -0.2) is 63.9 Å². The number of rotatable bonds is 14. The highest BCUT2D eigenvalue weighted by molar-refractivity contribution is 7.92. The van der Waals surface area contributed by atoms with Gasteiger partial charge in [0.1, 0.15) is 18.3 Å². The fourth-order valence-electron chi connectivity index (χ4n) is 4.65. The molecule has 1 aliphatic rings. The van der Waals surface area contributed by atoms with E-state index in [0.29, 0.717) is 23.8 Å². The molecule has 0 aliphatic carbocycles. The Morgan fingerprint density at radius 1 is 0.952 bits per heavy atom. The third-order valence-electron chi connectivity index (χ3n) is 6.93. The van der Waals surface area contributed by atoms with Crippen LogP contribution in [0.4, 0.5) is 5.69 Å². The Labute approximate surface area is 247 Å². The topological polar surface area (TPSA) is 114 Å². The quantitative estimate of drug-likeness (QED) is 0.302. The Morgan fingerprint density at radius 3 is 2.40 bits per heavy atom. The maximum atomic E-state index is 14.2. The molecule has 10 nitrogen and oxygen atoms in total. The van der Waals surface area contributed by atoms with Gasteiger partial charge in [-0.3, -0.25) is 13.9 Å². The highest BCUT2D eigenvalue weighted by atomic mass is 32.2. The molecule has 3 aromatic carbocycles. The molecule has 0 saturated carbocycles. The van der Waals surface area contributed by atoms with E-state index in [9.17, 15) is 18.0 Å². The Balaban J connectivity index is 1.74. The van der Waals surface area contributed by atoms with E-state index in [1.54, 1.807) is 43.5 Å². The lowest BCUT2D eigenvalue weighted by atomic mass is 10.0. The smallest absolute Gasteiger partial charge is 0.244 e. The van der Waals surface area contributed by atoms with Crippen molar-refractivity contribution in [1.82, 2.24) is 10.2 Å². The lowest BCUT2D eigenvalue weighted by molar-refractivity contribution is -0.140. The first-order valence-corrected chi connectivity index (χ1v) is 15.5. The van der Waals surface area contributed by atoms with Crippen LogP contribution >= 0.6 is 0 Å². The summed E-state index contributed by atoms with van der Waals surface area (Å²) in [6.07, 6.45) is 0.969. The molecule has 1 heterocycles. The first kappa shape index (κ1) is 30.7. The van der Waals surface area contributed by atoms with E-state index < -0.39 is 28.5 Å². The number of methoxy groups -OCH3 is 1. The van der Waals surface area contributed by atoms with Crippen LogP contribution in [0.1, 0.15) is 31.4 Å². The minimum absolute atomic E-state index is 0.0284. The highest BCUT2D eigenvalue weighted by Crippen LogP contribution is 2.36. The molecule has 1 aliphatic heterocycles. The number of carbonyl (C=O) groups excluding carboxylic acids is 2. The lowest BCUT2D eigenvalue weighted by Crippen LogP contribution is -2.53. The fourth-order valence-corrected chi connectivity index (χ4v) is 5.70. The van der Waals surface area contributed by atoms with Crippen LogP contribution in [0.15, 0.2) is 72.8 Å². The average Bonchev–Trinajstić information content (AvgIpc) is 3.49. The van der Waals surface area contributed by atoms with E-state index in [4.69, 9.17) is 14.2 Å². The molecule has 11 heteroatoms. The number of sulfonamides is 1. The standard InChI is InChI=1S/C31H37N3O7S/c1-4-16-32-31(36)27(18-23-10-7-6-8-11-23)33(20-24-12-9-13-26(17-24)39-3)30(35)21-34(42(37,38)5-2)25-14-15-28-29(19-25)41-22-40-28/h6-15,17,19,27H,4-5,16,18,20-22H2,1-3H3,(H,32,36)/t27-/m1/s1. The van der Waals surface area contributed by atoms with Crippen LogP contribution in [-0.2, 0) is 32.6 Å². The second kappa shape index (κ2) is 14.1. The number of amides is 2. The first-order valence-electron chi connectivity index (χ1n) is 13.9. The zero-order chi connectivity index (χ0) is 30.1. The van der Waals surface area contributed by atoms with Crippen LogP contribution in [0.25, 0.3) is 0 Å². The van der Waals surface area contributed by atoms with Crippen molar-refractivity contribution < 1.29 is 32.2 Å². The van der Waals surface area contributed by atoms with Gasteiger partial charge in [0.25, 0.3) is 0 Å². The van der Waals surface area contributed by atoms with Gasteiger partial charge in [0.2, 0.25) is 28.6 Å². The van der Waals surface area contributed by atoms with Crippen molar-refractivity contribution in [3.63, 3.8) is 0 Å². The number of anilines is 1. The summed E-state index contributed by atoms with van der Waals surface area (Å²) in [4.78, 5) is 29.3. The molecule has 0 saturated heterocycles. The number of nitrogens with one attached hydrogen (secondary N) is 1. The number of ether oxygens (including phenoxy) is 3. The van der Waals surface area contributed by atoms with Gasteiger partial charge in [-0.25, -0.2) is 8.42 Å². The predicted molar refractivity (Wildman–Crippen MR) is 160 cm³/mol. The Kier molecular flexibility index (Phi) is 10.3. The summed E-state index contributed by atoms with van der Waals surface area (Å²) >= 11 is 0. The number of nitrogens with zero attached hydrogens (tertiary/aromatic N) is 2. The van der Waals surface area contributed by atoms with E-state index in [2.05, 4.69) is 5.32 Å². The first-order chi connectivity index (χ1) is 20.2. The summed E-state index contributed by atoms with van der Waals surface area (Å²) in [5.41, 5.74) is 1.87. The molecular weight excluding hydrogens is 558 g/mol. The van der Waals surface area contributed by atoms with Crippen molar-refractivity contribution in [3.8, 4) is 17.2 Å². The monoisotopic (exact) mass is 595 g/mol. The largest absolute Gasteiger partial charge is 0.497 e. The summed E-state index contributed by atoms with van der Waals surface area (Å²) in [7, 11) is -2.34. The maximum Gasteiger partial charge on any atom is 0.244 e. The summed E-state index contributed by atoms with van der Waals surface area (Å²) in [5.74, 6) is 0.421. The maximum absolute atomic E-state index is 14.2. The van der Waals surface area contributed by atoms with Crippen molar-refractivity contribution in [2.75, 3.05) is 37.1 Å². The van der Waals surface area contributed by atoms with Crippen LogP contribution in [0.2, 0.25) is 0 Å². The van der Waals surface area contributed by atoms with Gasteiger partial charge in [-0.1, -0.05) is 49.4 Å². The lowest BCUT2D eigenvalue weighted by Gasteiger charge is -2.33. The third-order valence-corrected chi connectivity index (χ3v) is 8.67. The van der Waals surface area contributed by atoms with Crippen molar-refractivity contribution in [2.24, 2.45) is 0 Å². The number of hydrogen-bond acceptors (Lipinski definition) is 7. The van der Waals surface area contributed by atoms with Crippen LogP contribution < -0.4 is 23.8 Å². The summed E-state index contributed by atoms with van der Waals surface area (Å²) in [6.45, 7) is 3.49. The van der Waals surface area contributed by atoms with Crippen molar-refractivity contribution in [2.45, 2.75) is 39.3 Å². The number of fused-ring (bicyclic) bond motifs is 1. The second-order valence-electron chi connectivity index (χ2n) is 9.81. The van der Waals surface area contributed by atoms with E-state index >= 15 is 0 Å². The Bertz CT molecular complexity index is 1480. The molecule has 42 heavy (non-hydrogen) atoms. The number of carbonyl (C=O) groups is 2. The predicted octanol–water partition coefficient (Wildman–Crippen LogP) is 3.75. The number of benzene rings is 3. The minimum Gasteiger partial charge on any atom is -0.497 e. The van der Waals surface area contributed by atoms with Gasteiger partial charge < -0.3 is 24.4 Å². The Hall–Kier alpha value is -4.25. The molecule has 1 N–H and O–H groups in total. The molecule has 1 atom stereocenters. The van der Waals surface area contributed by atoms with E-state index in [1.165, 1.54) is 11.8 Å². The summed E-state index contributed by atoms with van der Waals surface area (Å²) in [5, 5.41) is 2.93. The van der Waals surface area contributed by atoms with Gasteiger partial charge in [0.15, 0.2) is 11.5 Å². The highest BCUT2D eigenvalue weighted by Gasteiger charge is 2.34. The Morgan fingerprint density at radius 2 is 1.69 bits per heavy atom. The molecule has 0 bridgehead atoms. The molecular formula is C31H37N3O7S. The molecule has 0 aromatic heterocycles. The normalized spacial score (nSPS) is 12.8. The van der Waals surface area contributed by atoms with E-state index in [0.717, 1.165) is 21.9 Å². The summed E-state index contributed by atoms with van der Waals surface area (Å²) < 4.78 is 43.9. The second-order valence-corrected chi connectivity index (χ2v) is 12.0. The van der Waals surface area contributed by atoms with Gasteiger partial charge in [-0.2, -0.15) is 0 Å². The summed E-state index contributed by atoms with van der Waals surface area (Å²) in [6, 6.07) is 20.5. The third kappa shape index (κ3) is 7.52. The van der Waals surface area contributed by atoms with Gasteiger partial charge >= 0.3 is 0 Å². The molecule has 4 rings (SSSR count). The van der Waals surface area contributed by atoms with Crippen LogP contribution in [0, 0.1) is 0 Å². The molecule has 0 fully saturated rings. The SMILES string of the molecule is CCCNC(=O)[C@@H](Cc1ccccc1)N(Cc1cccc(OC)c1)C(=O)CN(c1ccc2c(c1)OCO2)S(=O)(=O)CC. The molecule has 3 aromatic rings. The number of hydrogen-bond donors (Lipinski definition) is 1. The van der Waals surface area contributed by atoms with Gasteiger partial charge in [-0.15, -0.1) is 0 Å². The zero-order valence-corrected chi connectivity index (χ0v) is 24.9. The van der Waals surface area contributed by atoms with Crippen molar-refractivity contribution in [1.29, 1.82) is 0 Å². The molecule has 2 amide bonds. The minimum atomic E-state index is -3.89. The zero-order valence-electron chi connectivity index (χ0n) is 24.1. The molecule has 224 valence electrons. The molecule has 0 unspecified atom stereocenters. The van der Waals surface area contributed by atoms with Crippen molar-refractivity contribution >= 4 is 27.5 Å². The van der Waals surface area contributed by atoms with E-state index in [-0.39, 0.29) is 37.1 Å². The van der Waals surface area contributed by atoms with Crippen LogP contribution in [0.3, 0.4) is 0 Å². The van der Waals surface area contributed by atoms with E-state index in [1.807, 2.05) is 43.3 Å². The van der Waals surface area contributed by atoms with Crippen molar-refractivity contribution in [3.05, 3.63) is 83.9 Å². The van der Waals surface area contributed by atoms with Gasteiger partial charge in [0, 0.05) is 25.6 Å². The molecule has 0 spiro atoms.